The van der Waals surface area contributed by atoms with Gasteiger partial charge in [-0.25, -0.2) is 9.18 Å². The molecule has 4 aromatic rings. The average molecular weight is 466 g/mol. The molecule has 0 aliphatic rings. The first-order valence-corrected chi connectivity index (χ1v) is 10.6. The van der Waals surface area contributed by atoms with Crippen molar-refractivity contribution in [1.29, 1.82) is 0 Å². The largest absolute Gasteiger partial charge is 0.490 e. The Morgan fingerprint density at radius 1 is 0.912 bits per heavy atom. The Hall–Kier alpha value is -4.34. The normalized spacial score (nSPS) is 11.1. The number of benzene rings is 2. The van der Waals surface area contributed by atoms with Gasteiger partial charge in [-0.05, 0) is 50.6 Å². The van der Waals surface area contributed by atoms with Gasteiger partial charge in [-0.3, -0.25) is 19.8 Å². The Morgan fingerprint density at radius 3 is 2.06 bits per heavy atom. The van der Waals surface area contributed by atoms with Crippen molar-refractivity contribution in [2.45, 2.75) is 26.7 Å². The van der Waals surface area contributed by atoms with Crippen molar-refractivity contribution in [1.82, 2.24) is 20.4 Å². The quantitative estimate of drug-likeness (QED) is 0.245. The van der Waals surface area contributed by atoms with Crippen LogP contribution in [0.1, 0.15) is 51.3 Å². The number of hydrogen-bond donors (Lipinski definition) is 4. The van der Waals surface area contributed by atoms with E-state index >= 15 is 0 Å². The summed E-state index contributed by atoms with van der Waals surface area (Å²) in [5.41, 5.74) is 1.50. The summed E-state index contributed by atoms with van der Waals surface area (Å²) in [7, 11) is 0. The van der Waals surface area contributed by atoms with Crippen molar-refractivity contribution in [3.63, 3.8) is 0 Å². The molecule has 9 nitrogen and oxygen atoms in total. The topological polar surface area (TPSA) is 133 Å². The lowest BCUT2D eigenvalue weighted by atomic mass is 9.85. The number of esters is 1. The van der Waals surface area contributed by atoms with E-state index in [4.69, 9.17) is 9.47 Å². The van der Waals surface area contributed by atoms with Gasteiger partial charge in [0.15, 0.2) is 11.5 Å². The molecule has 2 heterocycles. The second kappa shape index (κ2) is 9.26. The highest BCUT2D eigenvalue weighted by molar-refractivity contribution is 5.91. The summed E-state index contributed by atoms with van der Waals surface area (Å²) in [6.07, 6.45) is 0. The van der Waals surface area contributed by atoms with Crippen molar-refractivity contribution in [2.75, 3.05) is 6.61 Å². The average Bonchev–Trinajstić information content (AvgIpc) is 3.32. The number of aromatic nitrogens is 4. The number of hydrogen-bond acceptors (Lipinski definition) is 5. The number of halogens is 1. The SMILES string of the molecule is CCOc1cc(C(c2c(C)[nH][nH]c2=O)c2c(C)[nH][nH]c2=O)ccc1OC(=O)c1ccccc1F. The number of carbonyl (C=O) groups excluding carboxylic acids is 1. The van der Waals surface area contributed by atoms with Crippen LogP contribution in [-0.4, -0.2) is 33.0 Å². The molecule has 4 rings (SSSR count). The van der Waals surface area contributed by atoms with Crippen LogP contribution in [-0.2, 0) is 0 Å². The van der Waals surface area contributed by atoms with Gasteiger partial charge in [0.2, 0.25) is 0 Å². The van der Waals surface area contributed by atoms with E-state index in [0.717, 1.165) is 0 Å². The Kier molecular flexibility index (Phi) is 6.22. The molecule has 0 bridgehead atoms. The van der Waals surface area contributed by atoms with Gasteiger partial charge in [-0.15, -0.1) is 0 Å². The first kappa shape index (κ1) is 22.8. The number of aryl methyl sites for hydroxylation is 2. The summed E-state index contributed by atoms with van der Waals surface area (Å²) in [5, 5.41) is 10.7. The summed E-state index contributed by atoms with van der Waals surface area (Å²) < 4.78 is 25.1. The third kappa shape index (κ3) is 4.17. The molecular weight excluding hydrogens is 443 g/mol. The van der Waals surface area contributed by atoms with Gasteiger partial charge in [-0.2, -0.15) is 0 Å². The van der Waals surface area contributed by atoms with Crippen LogP contribution >= 0.6 is 0 Å². The molecule has 0 spiro atoms. The molecule has 34 heavy (non-hydrogen) atoms. The number of H-pyrrole nitrogens is 4. The highest BCUT2D eigenvalue weighted by atomic mass is 19.1. The van der Waals surface area contributed by atoms with Crippen LogP contribution < -0.4 is 20.6 Å². The molecule has 0 unspecified atom stereocenters. The molecule has 2 aromatic heterocycles. The summed E-state index contributed by atoms with van der Waals surface area (Å²) in [6, 6.07) is 10.2. The minimum atomic E-state index is -0.876. The van der Waals surface area contributed by atoms with Crippen LogP contribution in [0.5, 0.6) is 11.5 Å². The van der Waals surface area contributed by atoms with Gasteiger partial charge in [0, 0.05) is 17.3 Å². The lowest BCUT2D eigenvalue weighted by Gasteiger charge is -2.18. The number of carbonyl (C=O) groups is 1. The van der Waals surface area contributed by atoms with Crippen LogP contribution in [0.15, 0.2) is 52.1 Å². The molecule has 0 saturated carbocycles. The zero-order valence-electron chi connectivity index (χ0n) is 18.7. The van der Waals surface area contributed by atoms with Crippen molar-refractivity contribution in [3.05, 3.63) is 103 Å². The van der Waals surface area contributed by atoms with Crippen molar-refractivity contribution >= 4 is 5.97 Å². The molecule has 0 atom stereocenters. The minimum Gasteiger partial charge on any atom is -0.490 e. The molecule has 0 aliphatic carbocycles. The highest BCUT2D eigenvalue weighted by Crippen LogP contribution is 2.37. The van der Waals surface area contributed by atoms with Gasteiger partial charge in [-0.1, -0.05) is 18.2 Å². The van der Waals surface area contributed by atoms with Crippen LogP contribution in [0.4, 0.5) is 4.39 Å². The lowest BCUT2D eigenvalue weighted by Crippen LogP contribution is -2.20. The van der Waals surface area contributed by atoms with Crippen LogP contribution in [0.2, 0.25) is 0 Å². The monoisotopic (exact) mass is 466 g/mol. The number of ether oxygens (including phenoxy) is 2. The predicted molar refractivity (Wildman–Crippen MR) is 122 cm³/mol. The molecule has 0 radical (unpaired) electrons. The molecule has 0 amide bonds. The maximum atomic E-state index is 14.0. The molecular formula is C24H23FN4O5. The fourth-order valence-electron chi connectivity index (χ4n) is 3.92. The zero-order valence-corrected chi connectivity index (χ0v) is 18.7. The van der Waals surface area contributed by atoms with E-state index in [9.17, 15) is 18.8 Å². The molecule has 10 heteroatoms. The molecule has 0 saturated heterocycles. The molecule has 176 valence electrons. The first-order valence-electron chi connectivity index (χ1n) is 10.6. The van der Waals surface area contributed by atoms with E-state index in [2.05, 4.69) is 20.4 Å². The van der Waals surface area contributed by atoms with E-state index in [1.165, 1.54) is 30.3 Å². The molecule has 4 N–H and O–H groups in total. The van der Waals surface area contributed by atoms with E-state index in [0.29, 0.717) is 28.1 Å². The Balaban J connectivity index is 1.82. The lowest BCUT2D eigenvalue weighted by molar-refractivity contribution is 0.0723. The van der Waals surface area contributed by atoms with Gasteiger partial charge in [0.25, 0.3) is 11.1 Å². The first-order chi connectivity index (χ1) is 16.3. The second-order valence-electron chi connectivity index (χ2n) is 7.68. The van der Waals surface area contributed by atoms with Crippen LogP contribution in [0.3, 0.4) is 0 Å². The number of nitrogens with one attached hydrogen (secondary N) is 4. The fourth-order valence-corrected chi connectivity index (χ4v) is 3.92. The Bertz CT molecular complexity index is 1410. The van der Waals surface area contributed by atoms with Gasteiger partial charge < -0.3 is 19.7 Å². The summed E-state index contributed by atoms with van der Waals surface area (Å²) >= 11 is 0. The summed E-state index contributed by atoms with van der Waals surface area (Å²) in [4.78, 5) is 37.8. The number of rotatable bonds is 7. The third-order valence-corrected chi connectivity index (χ3v) is 5.50. The van der Waals surface area contributed by atoms with E-state index in [1.54, 1.807) is 32.9 Å². The standard InChI is InChI=1S/C24H23FN4O5/c1-4-33-18-11-14(9-10-17(18)34-24(32)15-7-5-6-8-16(15)25)21(19-12(2)26-28-22(19)30)20-13(3)27-29-23(20)31/h5-11,21H,4H2,1-3H3,(H2,26,28,30)(H2,27,29,31). The molecule has 2 aromatic carbocycles. The van der Waals surface area contributed by atoms with Crippen molar-refractivity contribution in [2.24, 2.45) is 0 Å². The van der Waals surface area contributed by atoms with E-state index in [-0.39, 0.29) is 34.8 Å². The van der Waals surface area contributed by atoms with Crippen molar-refractivity contribution in [3.8, 4) is 11.5 Å². The molecule has 0 aliphatic heterocycles. The summed E-state index contributed by atoms with van der Waals surface area (Å²) in [6.45, 7) is 5.47. The predicted octanol–water partition coefficient (Wildman–Crippen LogP) is 3.27. The van der Waals surface area contributed by atoms with Gasteiger partial charge in [0.1, 0.15) is 5.82 Å². The van der Waals surface area contributed by atoms with Crippen molar-refractivity contribution < 1.29 is 18.7 Å². The maximum Gasteiger partial charge on any atom is 0.346 e. The molecule has 0 fully saturated rings. The van der Waals surface area contributed by atoms with E-state index in [1.807, 2.05) is 0 Å². The fraction of sp³-hybridized carbons (Fsp3) is 0.208. The third-order valence-electron chi connectivity index (χ3n) is 5.50. The van der Waals surface area contributed by atoms with E-state index < -0.39 is 17.7 Å². The second-order valence-corrected chi connectivity index (χ2v) is 7.68. The zero-order chi connectivity index (χ0) is 24.4. The van der Waals surface area contributed by atoms with Gasteiger partial charge >= 0.3 is 5.97 Å². The Morgan fingerprint density at radius 2 is 1.53 bits per heavy atom. The van der Waals surface area contributed by atoms with Gasteiger partial charge in [0.05, 0.1) is 23.3 Å². The number of aromatic amines is 4. The highest BCUT2D eigenvalue weighted by Gasteiger charge is 2.29. The summed E-state index contributed by atoms with van der Waals surface area (Å²) in [5.74, 6) is -2.02. The van der Waals surface area contributed by atoms with Crippen LogP contribution in [0.25, 0.3) is 0 Å². The van der Waals surface area contributed by atoms with Crippen LogP contribution in [0, 0.1) is 19.7 Å². The minimum absolute atomic E-state index is 0.0806. The smallest absolute Gasteiger partial charge is 0.346 e. The maximum absolute atomic E-state index is 14.0. The Labute approximate surface area is 192 Å².